The van der Waals surface area contributed by atoms with Gasteiger partial charge in [0.15, 0.2) is 0 Å². The summed E-state index contributed by atoms with van der Waals surface area (Å²) in [7, 11) is 0. The van der Waals surface area contributed by atoms with Crippen LogP contribution in [0.2, 0.25) is 0 Å². The summed E-state index contributed by atoms with van der Waals surface area (Å²) in [5.74, 6) is 0. The smallest absolute Gasteiger partial charge is 0.0702 e. The van der Waals surface area contributed by atoms with Crippen LogP contribution in [-0.2, 0) is 4.74 Å². The maximum atomic E-state index is 5.81. The average molecular weight is 290 g/mol. The molecule has 3 heteroatoms. The van der Waals surface area contributed by atoms with Gasteiger partial charge in [0.25, 0.3) is 0 Å². The number of likely N-dealkylation sites (tertiary alicyclic amines) is 1. The topological polar surface area (TPSA) is 24.5 Å². The van der Waals surface area contributed by atoms with Crippen molar-refractivity contribution in [3.05, 3.63) is 35.4 Å². The molecule has 0 aliphatic carbocycles. The van der Waals surface area contributed by atoms with Crippen molar-refractivity contribution in [3.63, 3.8) is 0 Å². The summed E-state index contributed by atoms with van der Waals surface area (Å²) in [6.45, 7) is 11.6. The van der Waals surface area contributed by atoms with Gasteiger partial charge in [0, 0.05) is 25.7 Å². The highest BCUT2D eigenvalue weighted by molar-refractivity contribution is 5.24. The largest absolute Gasteiger partial charge is 0.377 e. The van der Waals surface area contributed by atoms with Gasteiger partial charge in [-0.2, -0.15) is 0 Å². The molecule has 3 nitrogen and oxygen atoms in total. The van der Waals surface area contributed by atoms with E-state index < -0.39 is 0 Å². The van der Waals surface area contributed by atoms with Crippen molar-refractivity contribution in [3.8, 4) is 0 Å². The normalized spacial score (nSPS) is 21.4. The molecular formula is C18H30N2O. The second kappa shape index (κ2) is 8.52. The average Bonchev–Trinajstić information content (AvgIpc) is 2.48. The highest BCUT2D eigenvalue weighted by Crippen LogP contribution is 2.19. The minimum atomic E-state index is 0.413. The summed E-state index contributed by atoms with van der Waals surface area (Å²) in [6.07, 6.45) is 2.88. The third-order valence-corrected chi connectivity index (χ3v) is 4.24. The highest BCUT2D eigenvalue weighted by Gasteiger charge is 2.22. The number of piperidine rings is 1. The second-order valence-electron chi connectivity index (χ2n) is 6.00. The summed E-state index contributed by atoms with van der Waals surface area (Å²) in [6, 6.07) is 9.34. The van der Waals surface area contributed by atoms with E-state index in [0.29, 0.717) is 12.1 Å². The van der Waals surface area contributed by atoms with E-state index in [1.54, 1.807) is 0 Å². The van der Waals surface area contributed by atoms with Crippen LogP contribution in [0.3, 0.4) is 0 Å². The van der Waals surface area contributed by atoms with Gasteiger partial charge in [-0.3, -0.25) is 4.90 Å². The number of aryl methyl sites for hydroxylation is 1. The molecule has 0 aromatic heterocycles. The Morgan fingerprint density at radius 2 is 2.05 bits per heavy atom. The number of ether oxygens (including phenoxy) is 1. The fourth-order valence-electron chi connectivity index (χ4n) is 3.14. The molecule has 1 N–H and O–H groups in total. The SMILES string of the molecule is CCNC(CN1CCCC(OCC)C1)c1ccc(C)cc1. The predicted octanol–water partition coefficient (Wildman–Crippen LogP) is 3.15. The molecule has 118 valence electrons. The Labute approximate surface area is 129 Å². The van der Waals surface area contributed by atoms with Gasteiger partial charge in [0.05, 0.1) is 6.10 Å². The minimum Gasteiger partial charge on any atom is -0.377 e. The molecule has 1 fully saturated rings. The molecule has 0 amide bonds. The maximum absolute atomic E-state index is 5.81. The van der Waals surface area contributed by atoms with Gasteiger partial charge in [-0.25, -0.2) is 0 Å². The first-order valence-electron chi connectivity index (χ1n) is 8.36. The summed E-state index contributed by atoms with van der Waals surface area (Å²) >= 11 is 0. The molecule has 0 saturated carbocycles. The van der Waals surface area contributed by atoms with Crippen molar-refractivity contribution >= 4 is 0 Å². The fraction of sp³-hybridized carbons (Fsp3) is 0.667. The minimum absolute atomic E-state index is 0.413. The number of hydrogen-bond donors (Lipinski definition) is 1. The summed E-state index contributed by atoms with van der Waals surface area (Å²) in [4.78, 5) is 2.55. The van der Waals surface area contributed by atoms with Crippen LogP contribution in [0.25, 0.3) is 0 Å². The van der Waals surface area contributed by atoms with Crippen LogP contribution in [0.1, 0.15) is 43.9 Å². The van der Waals surface area contributed by atoms with Gasteiger partial charge in [-0.05, 0) is 45.3 Å². The zero-order valence-corrected chi connectivity index (χ0v) is 13.8. The van der Waals surface area contributed by atoms with Gasteiger partial charge in [0.2, 0.25) is 0 Å². The lowest BCUT2D eigenvalue weighted by Gasteiger charge is -2.35. The lowest BCUT2D eigenvalue weighted by molar-refractivity contribution is 0.00352. The molecular weight excluding hydrogens is 260 g/mol. The van der Waals surface area contributed by atoms with Gasteiger partial charge >= 0.3 is 0 Å². The highest BCUT2D eigenvalue weighted by atomic mass is 16.5. The Kier molecular flexibility index (Phi) is 6.68. The third-order valence-electron chi connectivity index (χ3n) is 4.24. The van der Waals surface area contributed by atoms with E-state index in [4.69, 9.17) is 4.74 Å². The van der Waals surface area contributed by atoms with E-state index in [-0.39, 0.29) is 0 Å². The zero-order chi connectivity index (χ0) is 15.1. The predicted molar refractivity (Wildman–Crippen MR) is 88.7 cm³/mol. The molecule has 0 radical (unpaired) electrons. The van der Waals surface area contributed by atoms with Crippen LogP contribution in [0.5, 0.6) is 0 Å². The Balaban J connectivity index is 1.97. The quantitative estimate of drug-likeness (QED) is 0.835. The summed E-state index contributed by atoms with van der Waals surface area (Å²) < 4.78 is 5.81. The summed E-state index contributed by atoms with van der Waals surface area (Å²) in [5, 5.41) is 3.63. The number of rotatable bonds is 7. The van der Waals surface area contributed by atoms with E-state index in [1.165, 1.54) is 30.5 Å². The van der Waals surface area contributed by atoms with Gasteiger partial charge in [-0.15, -0.1) is 0 Å². The fourth-order valence-corrected chi connectivity index (χ4v) is 3.14. The molecule has 2 unspecified atom stereocenters. The van der Waals surface area contributed by atoms with Crippen LogP contribution in [0, 0.1) is 6.92 Å². The van der Waals surface area contributed by atoms with E-state index >= 15 is 0 Å². The van der Waals surface area contributed by atoms with Crippen molar-refractivity contribution in [2.24, 2.45) is 0 Å². The van der Waals surface area contributed by atoms with Crippen LogP contribution >= 0.6 is 0 Å². The lowest BCUT2D eigenvalue weighted by Crippen LogP contribution is -2.43. The zero-order valence-electron chi connectivity index (χ0n) is 13.8. The molecule has 1 aromatic rings. The van der Waals surface area contributed by atoms with Crippen molar-refractivity contribution in [2.75, 3.05) is 32.8 Å². The molecule has 2 atom stereocenters. The van der Waals surface area contributed by atoms with Crippen LogP contribution < -0.4 is 5.32 Å². The van der Waals surface area contributed by atoms with Crippen molar-refractivity contribution in [1.82, 2.24) is 10.2 Å². The lowest BCUT2D eigenvalue weighted by atomic mass is 10.0. The van der Waals surface area contributed by atoms with Gasteiger partial charge in [0.1, 0.15) is 0 Å². The molecule has 1 saturated heterocycles. The van der Waals surface area contributed by atoms with Gasteiger partial charge in [-0.1, -0.05) is 36.8 Å². The molecule has 21 heavy (non-hydrogen) atoms. The van der Waals surface area contributed by atoms with Crippen molar-refractivity contribution in [1.29, 1.82) is 0 Å². The Bertz CT molecular complexity index is 402. The summed E-state index contributed by atoms with van der Waals surface area (Å²) in [5.41, 5.74) is 2.71. The molecule has 1 aliphatic heterocycles. The van der Waals surface area contributed by atoms with Gasteiger partial charge < -0.3 is 10.1 Å². The first-order chi connectivity index (χ1) is 10.2. The third kappa shape index (κ3) is 5.10. The van der Waals surface area contributed by atoms with Crippen LogP contribution in [0.4, 0.5) is 0 Å². The molecule has 0 bridgehead atoms. The Morgan fingerprint density at radius 3 is 2.71 bits per heavy atom. The Hall–Kier alpha value is -0.900. The molecule has 0 spiro atoms. The molecule has 1 heterocycles. The van der Waals surface area contributed by atoms with E-state index in [0.717, 1.165) is 26.2 Å². The first-order valence-corrected chi connectivity index (χ1v) is 8.36. The molecule has 1 aromatic carbocycles. The van der Waals surface area contributed by atoms with E-state index in [2.05, 4.69) is 55.3 Å². The van der Waals surface area contributed by atoms with E-state index in [9.17, 15) is 0 Å². The van der Waals surface area contributed by atoms with Crippen molar-refractivity contribution < 1.29 is 4.74 Å². The van der Waals surface area contributed by atoms with Crippen LogP contribution in [-0.4, -0.2) is 43.8 Å². The number of nitrogens with zero attached hydrogens (tertiary/aromatic N) is 1. The molecule has 2 rings (SSSR count). The van der Waals surface area contributed by atoms with E-state index in [1.807, 2.05) is 0 Å². The maximum Gasteiger partial charge on any atom is 0.0702 e. The molecule has 1 aliphatic rings. The van der Waals surface area contributed by atoms with Crippen LogP contribution in [0.15, 0.2) is 24.3 Å². The standard InChI is InChI=1S/C18H30N2O/c1-4-19-18(16-10-8-15(3)9-11-16)14-20-12-6-7-17(13-20)21-5-2/h8-11,17-19H,4-7,12-14H2,1-3H3. The Morgan fingerprint density at radius 1 is 1.29 bits per heavy atom. The number of nitrogens with one attached hydrogen (secondary N) is 1. The second-order valence-corrected chi connectivity index (χ2v) is 6.00. The first kappa shape index (κ1) is 16.5. The number of likely N-dealkylation sites (N-methyl/N-ethyl adjacent to an activating group) is 1. The number of hydrogen-bond acceptors (Lipinski definition) is 3. The number of benzene rings is 1. The monoisotopic (exact) mass is 290 g/mol. The van der Waals surface area contributed by atoms with Crippen molar-refractivity contribution in [2.45, 2.75) is 45.8 Å².